The third kappa shape index (κ3) is 6.14. The van der Waals surface area contributed by atoms with Gasteiger partial charge in [-0.05, 0) is 68.8 Å². The molecule has 2 amide bonds. The Hall–Kier alpha value is -3.87. The first kappa shape index (κ1) is 27.7. The molecule has 1 fully saturated rings. The number of ether oxygens (including phenoxy) is 1. The highest BCUT2D eigenvalue weighted by atomic mass is 19.4. The Balaban J connectivity index is 1.30. The van der Waals surface area contributed by atoms with E-state index in [-0.39, 0.29) is 23.1 Å². The highest BCUT2D eigenvalue weighted by Gasteiger charge is 2.31. The fourth-order valence-corrected chi connectivity index (χ4v) is 5.33. The smallest absolute Gasteiger partial charge is 0.401 e. The average Bonchev–Trinajstić information content (AvgIpc) is 2.89. The number of halogens is 4. The fraction of sp³-hybridized carbons (Fsp3) is 0.444. The van der Waals surface area contributed by atoms with Crippen LogP contribution in [0.3, 0.4) is 0 Å². The molecule has 2 aliphatic rings. The molecule has 1 aromatic carbocycles. The van der Waals surface area contributed by atoms with Crippen molar-refractivity contribution in [3.8, 4) is 17.0 Å². The minimum Gasteiger partial charge on any atom is -0.474 e. The molecule has 0 atom stereocenters. The number of urea groups is 1. The molecule has 5 N–H and O–H groups in total. The van der Waals surface area contributed by atoms with Crippen LogP contribution >= 0.6 is 0 Å². The number of fused-ring (bicyclic) bond motifs is 2. The lowest BCUT2D eigenvalue weighted by Crippen LogP contribution is -2.42. The van der Waals surface area contributed by atoms with E-state index in [2.05, 4.69) is 25.9 Å². The molecule has 214 valence electrons. The van der Waals surface area contributed by atoms with Crippen LogP contribution in [0.15, 0.2) is 24.5 Å². The summed E-state index contributed by atoms with van der Waals surface area (Å²) in [5.74, 6) is 0.123. The first-order chi connectivity index (χ1) is 19.1. The topological polar surface area (TPSA) is 117 Å². The van der Waals surface area contributed by atoms with Crippen LogP contribution in [0, 0.1) is 12.7 Å². The second-order valence-electron chi connectivity index (χ2n) is 10.2. The highest BCUT2D eigenvalue weighted by molar-refractivity contribution is 6.00. The molecule has 9 nitrogen and oxygen atoms in total. The second kappa shape index (κ2) is 11.3. The molecule has 3 aromatic rings. The molecular formula is C27H31F4N7O2. The van der Waals surface area contributed by atoms with E-state index in [1.165, 1.54) is 11.1 Å². The number of pyridine rings is 2. The first-order valence-electron chi connectivity index (χ1n) is 13.2. The Morgan fingerprint density at radius 3 is 2.65 bits per heavy atom. The lowest BCUT2D eigenvalue weighted by atomic mass is 9.97. The number of hydrogen-bond donors (Lipinski definition) is 4. The Morgan fingerprint density at radius 2 is 1.93 bits per heavy atom. The highest BCUT2D eigenvalue weighted by Crippen LogP contribution is 2.39. The summed E-state index contributed by atoms with van der Waals surface area (Å²) in [6.07, 6.45) is 0.966. The lowest BCUT2D eigenvalue weighted by Gasteiger charge is -2.28. The van der Waals surface area contributed by atoms with Crippen LogP contribution in [0.2, 0.25) is 0 Å². The summed E-state index contributed by atoms with van der Waals surface area (Å²) in [6, 6.07) is 2.62. The maximum absolute atomic E-state index is 15.4. The van der Waals surface area contributed by atoms with Crippen LogP contribution < -0.4 is 26.4 Å². The van der Waals surface area contributed by atoms with Crippen molar-refractivity contribution in [1.29, 1.82) is 0 Å². The predicted molar refractivity (Wildman–Crippen MR) is 145 cm³/mol. The number of nitrogens with two attached hydrogens (primary N) is 1. The third-order valence-electron chi connectivity index (χ3n) is 7.27. The van der Waals surface area contributed by atoms with Gasteiger partial charge in [-0.1, -0.05) is 0 Å². The van der Waals surface area contributed by atoms with Gasteiger partial charge < -0.3 is 21.1 Å². The molecule has 1 saturated heterocycles. The van der Waals surface area contributed by atoms with Crippen molar-refractivity contribution in [1.82, 2.24) is 20.2 Å². The molecule has 0 spiro atoms. The Labute approximate surface area is 228 Å². The van der Waals surface area contributed by atoms with Crippen LogP contribution in [-0.4, -0.2) is 65.9 Å². The molecule has 0 aliphatic carbocycles. The van der Waals surface area contributed by atoms with Crippen molar-refractivity contribution in [3.63, 3.8) is 0 Å². The monoisotopic (exact) mass is 561 g/mol. The maximum Gasteiger partial charge on any atom is 0.401 e. The van der Waals surface area contributed by atoms with Gasteiger partial charge in [0.1, 0.15) is 18.1 Å². The van der Waals surface area contributed by atoms with E-state index in [1.54, 1.807) is 18.3 Å². The van der Waals surface area contributed by atoms with Crippen molar-refractivity contribution in [3.05, 3.63) is 35.9 Å². The normalized spacial score (nSPS) is 16.8. The lowest BCUT2D eigenvalue weighted by molar-refractivity contribution is -0.146. The molecule has 0 radical (unpaired) electrons. The number of hydrogen-bond acceptors (Lipinski definition) is 7. The number of alkyl halides is 3. The zero-order valence-electron chi connectivity index (χ0n) is 22.0. The molecule has 0 bridgehead atoms. The quantitative estimate of drug-likeness (QED) is 0.260. The molecule has 2 aromatic heterocycles. The van der Waals surface area contributed by atoms with Crippen molar-refractivity contribution < 1.29 is 27.1 Å². The summed E-state index contributed by atoms with van der Waals surface area (Å²) in [6.45, 7) is 2.70. The number of nitrogens with zero attached hydrogens (tertiary/aromatic N) is 3. The Kier molecular flexibility index (Phi) is 7.83. The van der Waals surface area contributed by atoms with Crippen LogP contribution in [0.4, 0.5) is 39.5 Å². The number of carbonyl (C=O) groups is 1. The number of carbonyl (C=O) groups excluding carboxylic acids is 1. The molecule has 13 heteroatoms. The standard InChI is InChI=1S/C27H31F4N7O2/c1-15-19(12-35-25-24(15)33-6-9-40-25)18-10-16-11-21(34-13-20(16)23(32)22(18)28)37-26(39)36-17-4-2-7-38(8-3-5-17)14-27(29,30)31/h10-13,17,33H,2-9,14,32H2,1H3,(H2,34,36,37,39). The van der Waals surface area contributed by atoms with Gasteiger partial charge in [-0.3, -0.25) is 10.2 Å². The predicted octanol–water partition coefficient (Wildman–Crippen LogP) is 5.06. The minimum atomic E-state index is -4.22. The van der Waals surface area contributed by atoms with Gasteiger partial charge in [0.25, 0.3) is 0 Å². The summed E-state index contributed by atoms with van der Waals surface area (Å²) in [7, 11) is 0. The molecule has 2 aliphatic heterocycles. The van der Waals surface area contributed by atoms with E-state index in [1.807, 2.05) is 6.92 Å². The summed E-state index contributed by atoms with van der Waals surface area (Å²) in [5, 5.41) is 9.83. The first-order valence-corrected chi connectivity index (χ1v) is 13.2. The van der Waals surface area contributed by atoms with Crippen molar-refractivity contribution in [2.75, 3.05) is 49.2 Å². The minimum absolute atomic E-state index is 0.0635. The Morgan fingerprint density at radius 1 is 1.18 bits per heavy atom. The molecule has 0 unspecified atom stereocenters. The van der Waals surface area contributed by atoms with E-state index < -0.39 is 24.6 Å². The van der Waals surface area contributed by atoms with Gasteiger partial charge in [0.15, 0.2) is 5.82 Å². The summed E-state index contributed by atoms with van der Waals surface area (Å²) < 4.78 is 59.1. The van der Waals surface area contributed by atoms with Crippen LogP contribution in [-0.2, 0) is 0 Å². The van der Waals surface area contributed by atoms with Gasteiger partial charge >= 0.3 is 12.2 Å². The van der Waals surface area contributed by atoms with E-state index in [4.69, 9.17) is 10.5 Å². The largest absolute Gasteiger partial charge is 0.474 e. The van der Waals surface area contributed by atoms with E-state index in [0.717, 1.165) is 5.56 Å². The summed E-state index contributed by atoms with van der Waals surface area (Å²) >= 11 is 0. The number of rotatable bonds is 4. The average molecular weight is 562 g/mol. The van der Waals surface area contributed by atoms with Crippen LogP contribution in [0.5, 0.6) is 5.88 Å². The molecule has 40 heavy (non-hydrogen) atoms. The molecule has 5 rings (SSSR count). The van der Waals surface area contributed by atoms with Crippen molar-refractivity contribution in [2.45, 2.75) is 44.8 Å². The maximum atomic E-state index is 15.4. The van der Waals surface area contributed by atoms with Gasteiger partial charge in [-0.15, -0.1) is 0 Å². The third-order valence-corrected chi connectivity index (χ3v) is 7.27. The number of nitrogens with one attached hydrogen (secondary N) is 3. The summed E-state index contributed by atoms with van der Waals surface area (Å²) in [4.78, 5) is 22.7. The number of aromatic nitrogens is 2. The number of anilines is 3. The fourth-order valence-electron chi connectivity index (χ4n) is 5.33. The van der Waals surface area contributed by atoms with Gasteiger partial charge in [0, 0.05) is 41.5 Å². The van der Waals surface area contributed by atoms with E-state index >= 15 is 4.39 Å². The van der Waals surface area contributed by atoms with Crippen molar-refractivity contribution >= 4 is 34.0 Å². The molecule has 0 saturated carbocycles. The molecule has 4 heterocycles. The zero-order chi connectivity index (χ0) is 28.4. The molecular weight excluding hydrogens is 530 g/mol. The second-order valence-corrected chi connectivity index (χ2v) is 10.2. The number of nitrogen functional groups attached to an aromatic ring is 1. The van der Waals surface area contributed by atoms with E-state index in [9.17, 15) is 18.0 Å². The van der Waals surface area contributed by atoms with Gasteiger partial charge in [0.05, 0.1) is 12.2 Å². The number of amides is 2. The Bertz CT molecular complexity index is 1410. The zero-order valence-corrected chi connectivity index (χ0v) is 22.0. The summed E-state index contributed by atoms with van der Waals surface area (Å²) in [5.41, 5.74) is 8.39. The number of benzene rings is 1. The van der Waals surface area contributed by atoms with E-state index in [0.29, 0.717) is 79.8 Å². The van der Waals surface area contributed by atoms with Gasteiger partial charge in [-0.25, -0.2) is 19.2 Å². The number of likely N-dealkylation sites (tertiary alicyclic amines) is 1. The van der Waals surface area contributed by atoms with Crippen molar-refractivity contribution in [2.24, 2.45) is 0 Å². The van der Waals surface area contributed by atoms with Gasteiger partial charge in [0.2, 0.25) is 5.88 Å². The van der Waals surface area contributed by atoms with Crippen LogP contribution in [0.25, 0.3) is 21.9 Å². The van der Waals surface area contributed by atoms with Gasteiger partial charge in [-0.2, -0.15) is 13.2 Å². The SMILES string of the molecule is Cc1c(-c2cc3cc(NC(=O)NC4CCCN(CC(F)(F)F)CCC4)ncc3c(N)c2F)cnc2c1NCCO2. The van der Waals surface area contributed by atoms with Crippen LogP contribution in [0.1, 0.15) is 31.2 Å².